The average Bonchev–Trinajstić information content (AvgIpc) is 2.35. The van der Waals surface area contributed by atoms with Gasteiger partial charge in [-0.1, -0.05) is 0 Å². The van der Waals surface area contributed by atoms with Crippen molar-refractivity contribution < 1.29 is 14.3 Å². The van der Waals surface area contributed by atoms with Crippen LogP contribution in [0.15, 0.2) is 0 Å². The molecule has 4 saturated carbocycles. The topological polar surface area (TPSA) is 35.5 Å². The zero-order valence-electron chi connectivity index (χ0n) is 10.9. The van der Waals surface area contributed by atoms with Crippen LogP contribution in [0.2, 0.25) is 0 Å². The van der Waals surface area contributed by atoms with Gasteiger partial charge < -0.3 is 9.47 Å². The van der Waals surface area contributed by atoms with Gasteiger partial charge in [0, 0.05) is 18.4 Å². The number of rotatable bonds is 2. The van der Waals surface area contributed by atoms with Crippen LogP contribution in [0, 0.1) is 17.8 Å². The van der Waals surface area contributed by atoms with Crippen molar-refractivity contribution >= 4 is 5.78 Å². The van der Waals surface area contributed by atoms with Crippen LogP contribution in [0.4, 0.5) is 0 Å². The lowest BCUT2D eigenvalue weighted by Gasteiger charge is -2.56. The monoisotopic (exact) mass is 250 g/mol. The van der Waals surface area contributed by atoms with Crippen LogP contribution in [-0.2, 0) is 14.3 Å². The van der Waals surface area contributed by atoms with Crippen molar-refractivity contribution in [2.24, 2.45) is 17.8 Å². The molecule has 5 aliphatic rings. The molecule has 0 aromatic carbocycles. The number of carbonyl (C=O) groups excluding carboxylic acids is 1. The molecule has 0 amide bonds. The first-order valence-electron chi connectivity index (χ1n) is 7.57. The molecule has 100 valence electrons. The van der Waals surface area contributed by atoms with Crippen molar-refractivity contribution in [3.05, 3.63) is 0 Å². The number of hydrogen-bond donors (Lipinski definition) is 0. The van der Waals surface area contributed by atoms with Gasteiger partial charge in [0.05, 0.1) is 5.60 Å². The highest BCUT2D eigenvalue weighted by Crippen LogP contribution is 2.56. The number of ether oxygens (including phenoxy) is 2. The van der Waals surface area contributed by atoms with Crippen molar-refractivity contribution in [1.82, 2.24) is 0 Å². The molecule has 0 aromatic rings. The number of ketones is 1. The molecule has 3 unspecified atom stereocenters. The minimum Gasteiger partial charge on any atom is -0.353 e. The minimum absolute atomic E-state index is 0.00472. The summed E-state index contributed by atoms with van der Waals surface area (Å²) in [6, 6.07) is 0. The van der Waals surface area contributed by atoms with E-state index in [1.54, 1.807) is 0 Å². The van der Waals surface area contributed by atoms with Crippen LogP contribution in [0.3, 0.4) is 0 Å². The van der Waals surface area contributed by atoms with Crippen molar-refractivity contribution in [2.75, 3.05) is 6.61 Å². The quantitative estimate of drug-likeness (QED) is 0.756. The van der Waals surface area contributed by atoms with Gasteiger partial charge in [-0.05, 0) is 57.3 Å². The van der Waals surface area contributed by atoms with Gasteiger partial charge in [0.15, 0.2) is 6.29 Å². The van der Waals surface area contributed by atoms with Gasteiger partial charge in [0.2, 0.25) is 0 Å². The van der Waals surface area contributed by atoms with Gasteiger partial charge in [0.25, 0.3) is 0 Å². The van der Waals surface area contributed by atoms with Gasteiger partial charge in [0.1, 0.15) is 5.78 Å². The molecule has 0 aromatic heterocycles. The van der Waals surface area contributed by atoms with E-state index in [1.165, 1.54) is 19.3 Å². The lowest BCUT2D eigenvalue weighted by atomic mass is 9.53. The Kier molecular flexibility index (Phi) is 2.56. The second-order valence-electron chi connectivity index (χ2n) is 6.84. The highest BCUT2D eigenvalue weighted by atomic mass is 16.7. The predicted molar refractivity (Wildman–Crippen MR) is 66.0 cm³/mol. The Bertz CT molecular complexity index is 341. The van der Waals surface area contributed by atoms with E-state index in [2.05, 4.69) is 0 Å². The average molecular weight is 250 g/mol. The highest BCUT2D eigenvalue weighted by Gasteiger charge is 2.56. The molecule has 1 aliphatic heterocycles. The summed E-state index contributed by atoms with van der Waals surface area (Å²) in [5.41, 5.74) is -0.00752. The Hall–Kier alpha value is -0.410. The first-order valence-corrected chi connectivity index (χ1v) is 7.57. The minimum atomic E-state index is -0.00752. The smallest absolute Gasteiger partial charge is 0.158 e. The SMILES string of the molecule is O=C1C2CC3CC1CC(OC1CCCCO1)(C3)C2. The standard InChI is InChI=1S/C15H22O3/c16-14-11-5-10-6-12(14)9-15(7-10,8-11)18-13-3-1-2-4-17-13/h10-13H,1-9H2. The molecule has 0 spiro atoms. The fraction of sp³-hybridized carbons (Fsp3) is 0.933. The summed E-state index contributed by atoms with van der Waals surface area (Å²) >= 11 is 0. The summed E-state index contributed by atoms with van der Waals surface area (Å²) in [6.07, 6.45) is 8.80. The van der Waals surface area contributed by atoms with Crippen molar-refractivity contribution in [1.29, 1.82) is 0 Å². The van der Waals surface area contributed by atoms with Crippen LogP contribution >= 0.6 is 0 Å². The van der Waals surface area contributed by atoms with E-state index in [1.807, 2.05) is 0 Å². The molecule has 3 atom stereocenters. The molecule has 3 nitrogen and oxygen atoms in total. The summed E-state index contributed by atoms with van der Waals surface area (Å²) < 4.78 is 12.1. The number of hydrogen-bond acceptors (Lipinski definition) is 3. The van der Waals surface area contributed by atoms with E-state index in [0.29, 0.717) is 17.6 Å². The number of carbonyl (C=O) groups is 1. The lowest BCUT2D eigenvalue weighted by Crippen LogP contribution is -2.57. The van der Waals surface area contributed by atoms with E-state index in [4.69, 9.17) is 9.47 Å². The van der Waals surface area contributed by atoms with Crippen LogP contribution in [0.25, 0.3) is 0 Å². The van der Waals surface area contributed by atoms with Crippen LogP contribution in [0.1, 0.15) is 51.4 Å². The second kappa shape index (κ2) is 4.04. The summed E-state index contributed by atoms with van der Waals surface area (Å²) in [7, 11) is 0. The maximum atomic E-state index is 12.1. The zero-order chi connectivity index (χ0) is 12.2. The Morgan fingerprint density at radius 2 is 1.89 bits per heavy atom. The van der Waals surface area contributed by atoms with E-state index >= 15 is 0 Å². The molecule has 5 rings (SSSR count). The van der Waals surface area contributed by atoms with Gasteiger partial charge in [-0.25, -0.2) is 0 Å². The molecule has 4 aliphatic carbocycles. The van der Waals surface area contributed by atoms with Crippen LogP contribution in [-0.4, -0.2) is 24.3 Å². The second-order valence-corrected chi connectivity index (χ2v) is 6.84. The van der Waals surface area contributed by atoms with E-state index in [9.17, 15) is 4.79 Å². The third-order valence-electron chi connectivity index (χ3n) is 5.46. The maximum absolute atomic E-state index is 12.1. The van der Waals surface area contributed by atoms with Crippen LogP contribution < -0.4 is 0 Å². The Morgan fingerprint density at radius 3 is 2.56 bits per heavy atom. The predicted octanol–water partition coefficient (Wildman–Crippen LogP) is 2.68. The van der Waals surface area contributed by atoms with Gasteiger partial charge in [-0.3, -0.25) is 4.79 Å². The molecule has 3 heteroatoms. The molecule has 18 heavy (non-hydrogen) atoms. The molecule has 4 bridgehead atoms. The Labute approximate surface area is 108 Å². The Balaban J connectivity index is 1.51. The lowest BCUT2D eigenvalue weighted by molar-refractivity contribution is -0.260. The summed E-state index contributed by atoms with van der Waals surface area (Å²) in [6.45, 7) is 0.843. The fourth-order valence-corrected chi connectivity index (χ4v) is 4.90. The summed E-state index contributed by atoms with van der Waals surface area (Å²) in [4.78, 5) is 12.1. The largest absolute Gasteiger partial charge is 0.353 e. The maximum Gasteiger partial charge on any atom is 0.158 e. The molecule has 5 fully saturated rings. The number of Topliss-reactive ketones (excluding diaryl/α,β-unsaturated/α-hetero) is 1. The molecular weight excluding hydrogens is 228 g/mol. The molecule has 1 heterocycles. The molecular formula is C15H22O3. The van der Waals surface area contributed by atoms with Crippen molar-refractivity contribution in [3.63, 3.8) is 0 Å². The first kappa shape index (κ1) is 11.4. The summed E-state index contributed by atoms with van der Waals surface area (Å²) in [5, 5.41) is 0. The van der Waals surface area contributed by atoms with Gasteiger partial charge in [-0.15, -0.1) is 0 Å². The first-order chi connectivity index (χ1) is 8.74. The van der Waals surface area contributed by atoms with E-state index in [0.717, 1.165) is 44.6 Å². The van der Waals surface area contributed by atoms with Crippen molar-refractivity contribution in [2.45, 2.75) is 63.3 Å². The van der Waals surface area contributed by atoms with Gasteiger partial charge >= 0.3 is 0 Å². The van der Waals surface area contributed by atoms with Gasteiger partial charge in [-0.2, -0.15) is 0 Å². The third-order valence-corrected chi connectivity index (χ3v) is 5.46. The Morgan fingerprint density at radius 1 is 1.11 bits per heavy atom. The normalized spacial score (nSPS) is 50.8. The van der Waals surface area contributed by atoms with Crippen LogP contribution in [0.5, 0.6) is 0 Å². The molecule has 1 saturated heterocycles. The fourth-order valence-electron chi connectivity index (χ4n) is 4.90. The summed E-state index contributed by atoms with van der Waals surface area (Å²) in [5.74, 6) is 1.89. The van der Waals surface area contributed by atoms with Crippen molar-refractivity contribution in [3.8, 4) is 0 Å². The molecule has 0 N–H and O–H groups in total. The highest BCUT2D eigenvalue weighted by molar-refractivity contribution is 5.85. The van der Waals surface area contributed by atoms with E-state index < -0.39 is 0 Å². The molecule has 0 radical (unpaired) electrons. The third kappa shape index (κ3) is 1.75. The van der Waals surface area contributed by atoms with E-state index in [-0.39, 0.29) is 11.9 Å². The zero-order valence-corrected chi connectivity index (χ0v) is 10.9.